The Morgan fingerprint density at radius 2 is 1.24 bits per heavy atom. The summed E-state index contributed by atoms with van der Waals surface area (Å²) in [5.41, 5.74) is 13.7. The Morgan fingerprint density at radius 1 is 0.618 bits per heavy atom. The minimum absolute atomic E-state index is 0.0358. The molecule has 3 aliphatic carbocycles. The van der Waals surface area contributed by atoms with Crippen molar-refractivity contribution in [3.63, 3.8) is 0 Å². The van der Waals surface area contributed by atoms with Crippen molar-refractivity contribution in [3.8, 4) is 33.9 Å². The highest BCUT2D eigenvalue weighted by Crippen LogP contribution is 2.52. The van der Waals surface area contributed by atoms with Crippen LogP contribution in [0.5, 0.6) is 0 Å². The molecule has 6 aromatic carbocycles. The number of nitrogens with zero attached hydrogens (tertiary/aromatic N) is 3. The summed E-state index contributed by atoms with van der Waals surface area (Å²) < 4.78 is 0. The van der Waals surface area contributed by atoms with Crippen LogP contribution in [0.15, 0.2) is 169 Å². The number of rotatable bonds is 7. The molecular formula is C52H41N3. The molecule has 1 heterocycles. The molecule has 0 bridgehead atoms. The number of hydrogen-bond acceptors (Lipinski definition) is 3. The summed E-state index contributed by atoms with van der Waals surface area (Å²) in [5, 5.41) is 5.40. The molecule has 7 aromatic rings. The summed E-state index contributed by atoms with van der Waals surface area (Å²) in [4.78, 5) is 15.0. The minimum Gasteiger partial charge on any atom is -0.209 e. The van der Waals surface area contributed by atoms with Crippen LogP contribution in [0, 0.1) is 0 Å². The Labute approximate surface area is 322 Å². The standard InChI is InChI=1S/C52H41N3/c1-52(2)33-41(47-45-25-11-9-23-43(45)44-24-10-12-26-46(44)48(47)52)29-30-42(34-27-28-34)39-21-13-19-37(31-39)38-20-14-22-40(32-38)51-54-49(35-15-5-3-6-16-35)53-50(55-51)36-17-7-4-8-18-36/h3-7,9-17,19-27,29-32H,8,18,28,33H2,1-2H3/b41-29+,42-30+. The number of benzene rings is 6. The van der Waals surface area contributed by atoms with E-state index < -0.39 is 0 Å². The summed E-state index contributed by atoms with van der Waals surface area (Å²) in [7, 11) is 0. The first-order chi connectivity index (χ1) is 27.0. The normalized spacial score (nSPS) is 16.7. The van der Waals surface area contributed by atoms with Crippen LogP contribution in [0.25, 0.3) is 72.2 Å². The van der Waals surface area contributed by atoms with E-state index in [-0.39, 0.29) is 5.41 Å². The summed E-state index contributed by atoms with van der Waals surface area (Å²) in [6, 6.07) is 45.7. The zero-order chi connectivity index (χ0) is 36.9. The number of aromatic nitrogens is 3. The SMILES string of the molecule is CC1(C)C/C(=C\C=C(/C2=CC2)c2cccc(-c3cccc(-c4nc(C5=CC=CCC5)nc(-c5ccccc5)n4)c3)c2)c2c1c1ccccc1c1ccccc21. The second kappa shape index (κ2) is 13.4. The Bertz CT molecular complexity index is 2830. The van der Waals surface area contributed by atoms with Crippen molar-refractivity contribution in [2.24, 2.45) is 0 Å². The molecular weight excluding hydrogens is 667 g/mol. The second-order valence-corrected chi connectivity index (χ2v) is 15.6. The van der Waals surface area contributed by atoms with Gasteiger partial charge in [-0.3, -0.25) is 0 Å². The average molecular weight is 708 g/mol. The van der Waals surface area contributed by atoms with Crippen molar-refractivity contribution in [3.05, 3.63) is 192 Å². The summed E-state index contributed by atoms with van der Waals surface area (Å²) in [6.45, 7) is 4.81. The van der Waals surface area contributed by atoms with Gasteiger partial charge in [0.15, 0.2) is 17.5 Å². The van der Waals surface area contributed by atoms with Crippen molar-refractivity contribution in [1.82, 2.24) is 15.0 Å². The minimum atomic E-state index is 0.0358. The second-order valence-electron chi connectivity index (χ2n) is 15.6. The lowest BCUT2D eigenvalue weighted by Gasteiger charge is -2.21. The predicted octanol–water partition coefficient (Wildman–Crippen LogP) is 13.4. The molecule has 0 fully saturated rings. The van der Waals surface area contributed by atoms with E-state index in [0.29, 0.717) is 11.6 Å². The van der Waals surface area contributed by atoms with Crippen molar-refractivity contribution in [2.45, 2.75) is 44.9 Å². The third-order valence-corrected chi connectivity index (χ3v) is 11.4. The molecule has 3 heteroatoms. The molecule has 0 aliphatic heterocycles. The van der Waals surface area contributed by atoms with Gasteiger partial charge in [0.25, 0.3) is 0 Å². The highest BCUT2D eigenvalue weighted by Gasteiger charge is 2.36. The van der Waals surface area contributed by atoms with E-state index in [1.165, 1.54) is 60.5 Å². The molecule has 1 aromatic heterocycles. The van der Waals surface area contributed by atoms with Gasteiger partial charge in [-0.2, -0.15) is 0 Å². The Hall–Kier alpha value is -6.45. The fourth-order valence-corrected chi connectivity index (χ4v) is 8.67. The Balaban J connectivity index is 1.04. The molecule has 0 spiro atoms. The van der Waals surface area contributed by atoms with Crippen LogP contribution in [0.3, 0.4) is 0 Å². The van der Waals surface area contributed by atoms with Crippen LogP contribution < -0.4 is 0 Å². The summed E-state index contributed by atoms with van der Waals surface area (Å²) in [5.74, 6) is 2.13. The number of fused-ring (bicyclic) bond motifs is 6. The largest absolute Gasteiger partial charge is 0.209 e. The number of allylic oxidation sites excluding steroid dienone is 10. The molecule has 3 nitrogen and oxygen atoms in total. The molecule has 55 heavy (non-hydrogen) atoms. The van der Waals surface area contributed by atoms with Crippen LogP contribution >= 0.6 is 0 Å². The van der Waals surface area contributed by atoms with Crippen LogP contribution in [0.4, 0.5) is 0 Å². The highest BCUT2D eigenvalue weighted by molar-refractivity contribution is 6.15. The molecule has 0 N–H and O–H groups in total. The van der Waals surface area contributed by atoms with E-state index in [1.54, 1.807) is 0 Å². The maximum Gasteiger partial charge on any atom is 0.164 e. The zero-order valence-electron chi connectivity index (χ0n) is 31.3. The van der Waals surface area contributed by atoms with Gasteiger partial charge in [0.2, 0.25) is 0 Å². The Morgan fingerprint density at radius 3 is 1.98 bits per heavy atom. The van der Waals surface area contributed by atoms with Crippen LogP contribution in [-0.4, -0.2) is 15.0 Å². The summed E-state index contributed by atoms with van der Waals surface area (Å²) >= 11 is 0. The van der Waals surface area contributed by atoms with Crippen molar-refractivity contribution < 1.29 is 0 Å². The van der Waals surface area contributed by atoms with Crippen molar-refractivity contribution in [2.75, 3.05) is 0 Å². The van der Waals surface area contributed by atoms with E-state index in [1.807, 2.05) is 18.2 Å². The monoisotopic (exact) mass is 707 g/mol. The average Bonchev–Trinajstić information content (AvgIpc) is 4.05. The quantitative estimate of drug-likeness (QED) is 0.155. The number of hydrogen-bond donors (Lipinski definition) is 0. The summed E-state index contributed by atoms with van der Waals surface area (Å²) in [6.07, 6.45) is 17.5. The van der Waals surface area contributed by atoms with E-state index in [0.717, 1.165) is 53.8 Å². The molecule has 0 saturated heterocycles. The molecule has 0 unspecified atom stereocenters. The van der Waals surface area contributed by atoms with E-state index in [2.05, 4.69) is 159 Å². The van der Waals surface area contributed by atoms with E-state index >= 15 is 0 Å². The molecule has 264 valence electrons. The van der Waals surface area contributed by atoms with Gasteiger partial charge in [-0.15, -0.1) is 0 Å². The molecule has 10 rings (SSSR count). The first-order valence-corrected chi connectivity index (χ1v) is 19.4. The topological polar surface area (TPSA) is 38.7 Å². The van der Waals surface area contributed by atoms with Gasteiger partial charge in [-0.25, -0.2) is 15.0 Å². The van der Waals surface area contributed by atoms with Gasteiger partial charge >= 0.3 is 0 Å². The molecule has 0 radical (unpaired) electrons. The van der Waals surface area contributed by atoms with E-state index in [4.69, 9.17) is 15.0 Å². The van der Waals surface area contributed by atoms with Gasteiger partial charge in [0, 0.05) is 11.1 Å². The van der Waals surface area contributed by atoms with Crippen LogP contribution in [0.1, 0.15) is 62.0 Å². The lowest BCUT2D eigenvalue weighted by atomic mass is 9.82. The first-order valence-electron chi connectivity index (χ1n) is 19.4. The van der Waals surface area contributed by atoms with Crippen LogP contribution in [-0.2, 0) is 5.41 Å². The van der Waals surface area contributed by atoms with Gasteiger partial charge in [0.05, 0.1) is 0 Å². The molecule has 0 atom stereocenters. The van der Waals surface area contributed by atoms with Gasteiger partial charge < -0.3 is 0 Å². The van der Waals surface area contributed by atoms with E-state index in [9.17, 15) is 0 Å². The van der Waals surface area contributed by atoms with Crippen molar-refractivity contribution >= 4 is 38.3 Å². The van der Waals surface area contributed by atoms with Crippen molar-refractivity contribution in [1.29, 1.82) is 0 Å². The maximum absolute atomic E-state index is 5.04. The fraction of sp³-hybridized carbons (Fsp3) is 0.135. The van der Waals surface area contributed by atoms with Gasteiger partial charge in [-0.1, -0.05) is 166 Å². The lowest BCUT2D eigenvalue weighted by Crippen LogP contribution is -2.12. The molecule has 3 aliphatic rings. The lowest BCUT2D eigenvalue weighted by molar-refractivity contribution is 0.568. The van der Waals surface area contributed by atoms with Gasteiger partial charge in [0.1, 0.15) is 0 Å². The predicted molar refractivity (Wildman–Crippen MR) is 230 cm³/mol. The highest BCUT2D eigenvalue weighted by atomic mass is 15.0. The molecule has 0 amide bonds. The van der Waals surface area contributed by atoms with Crippen LogP contribution in [0.2, 0.25) is 0 Å². The third kappa shape index (κ3) is 6.16. The third-order valence-electron chi connectivity index (χ3n) is 11.4. The fourth-order valence-electron chi connectivity index (χ4n) is 8.67. The maximum atomic E-state index is 5.04. The zero-order valence-corrected chi connectivity index (χ0v) is 31.3. The van der Waals surface area contributed by atoms with Gasteiger partial charge in [-0.05, 0) is 115 Å². The Kier molecular flexibility index (Phi) is 8.10. The first kappa shape index (κ1) is 33.1. The molecule has 0 saturated carbocycles. The smallest absolute Gasteiger partial charge is 0.164 e.